The van der Waals surface area contributed by atoms with Crippen molar-refractivity contribution in [3.05, 3.63) is 51.6 Å². The summed E-state index contributed by atoms with van der Waals surface area (Å²) in [5, 5.41) is 44.3. The molecule has 5 rings (SSSR count). The minimum absolute atomic E-state index is 0.0239. The number of phenols is 2. The summed E-state index contributed by atoms with van der Waals surface area (Å²) in [6, 6.07) is 4.49. The van der Waals surface area contributed by atoms with Gasteiger partial charge < -0.3 is 34.6 Å². The standard InChI is InChI=1S/C23H22O9/c1-22(31-6-7-32-22)23(29)8-11-14(12(24)9-23)20(27)17-16(19(11)26)18(25)10-4-3-5-13(30-2)15(10)21(17)28/h3-5,12,24,26-27,29H,6-9H2,1-2H3/t12-,23+/m0/s1. The zero-order valence-electron chi connectivity index (χ0n) is 17.5. The Bertz CT molecular complexity index is 1180. The number of ether oxygens (including phenoxy) is 3. The summed E-state index contributed by atoms with van der Waals surface area (Å²) in [6.45, 7) is 2.02. The lowest BCUT2D eigenvalue weighted by Gasteiger charge is -2.45. The molecule has 0 aromatic heterocycles. The van der Waals surface area contributed by atoms with Gasteiger partial charge in [0.05, 0.1) is 43.1 Å². The van der Waals surface area contributed by atoms with E-state index in [2.05, 4.69) is 0 Å². The van der Waals surface area contributed by atoms with Crippen molar-refractivity contribution in [2.45, 2.75) is 37.3 Å². The number of ketones is 2. The number of rotatable bonds is 2. The van der Waals surface area contributed by atoms with E-state index in [1.54, 1.807) is 6.07 Å². The van der Waals surface area contributed by atoms with Crippen LogP contribution in [0.15, 0.2) is 18.2 Å². The van der Waals surface area contributed by atoms with E-state index in [1.165, 1.54) is 26.2 Å². The molecule has 9 heteroatoms. The molecule has 9 nitrogen and oxygen atoms in total. The molecule has 2 aliphatic carbocycles. The van der Waals surface area contributed by atoms with Gasteiger partial charge in [-0.05, 0) is 13.0 Å². The predicted molar refractivity (Wildman–Crippen MR) is 108 cm³/mol. The fourth-order valence-corrected chi connectivity index (χ4v) is 5.07. The van der Waals surface area contributed by atoms with Crippen LogP contribution in [0.5, 0.6) is 17.2 Å². The van der Waals surface area contributed by atoms with E-state index in [-0.39, 0.29) is 59.6 Å². The Labute approximate surface area is 182 Å². The molecule has 1 aliphatic heterocycles. The van der Waals surface area contributed by atoms with Crippen molar-refractivity contribution in [2.24, 2.45) is 0 Å². The van der Waals surface area contributed by atoms with Gasteiger partial charge in [0.15, 0.2) is 11.6 Å². The molecular formula is C23H22O9. The highest BCUT2D eigenvalue weighted by molar-refractivity contribution is 6.31. The fraction of sp³-hybridized carbons (Fsp3) is 0.391. The molecule has 2 atom stereocenters. The molecule has 0 bridgehead atoms. The quantitative estimate of drug-likeness (QED) is 0.433. The summed E-state index contributed by atoms with van der Waals surface area (Å²) < 4.78 is 16.4. The summed E-state index contributed by atoms with van der Waals surface area (Å²) in [7, 11) is 1.35. The van der Waals surface area contributed by atoms with Crippen LogP contribution in [-0.2, 0) is 15.9 Å². The Morgan fingerprint density at radius 1 is 1.03 bits per heavy atom. The normalized spacial score (nSPS) is 25.8. The van der Waals surface area contributed by atoms with Crippen molar-refractivity contribution >= 4 is 11.6 Å². The molecule has 0 spiro atoms. The van der Waals surface area contributed by atoms with Crippen LogP contribution in [0.4, 0.5) is 0 Å². The second-order valence-corrected chi connectivity index (χ2v) is 8.45. The third-order valence-electron chi connectivity index (χ3n) is 6.78. The summed E-state index contributed by atoms with van der Waals surface area (Å²) >= 11 is 0. The van der Waals surface area contributed by atoms with Crippen molar-refractivity contribution in [2.75, 3.05) is 20.3 Å². The maximum atomic E-state index is 13.3. The third kappa shape index (κ3) is 2.53. The first-order chi connectivity index (χ1) is 15.1. The van der Waals surface area contributed by atoms with Crippen LogP contribution in [0.2, 0.25) is 0 Å². The average molecular weight is 442 g/mol. The molecule has 1 fully saturated rings. The van der Waals surface area contributed by atoms with Crippen molar-refractivity contribution in [3.8, 4) is 17.2 Å². The minimum Gasteiger partial charge on any atom is -0.507 e. The third-order valence-corrected chi connectivity index (χ3v) is 6.78. The van der Waals surface area contributed by atoms with Gasteiger partial charge in [0.25, 0.3) is 0 Å². The lowest BCUT2D eigenvalue weighted by molar-refractivity contribution is -0.269. The van der Waals surface area contributed by atoms with Gasteiger partial charge in [0.1, 0.15) is 22.8 Å². The summed E-state index contributed by atoms with van der Waals surface area (Å²) in [5.74, 6) is -3.85. The van der Waals surface area contributed by atoms with E-state index in [9.17, 15) is 30.0 Å². The maximum Gasteiger partial charge on any atom is 0.202 e. The molecule has 32 heavy (non-hydrogen) atoms. The molecule has 0 radical (unpaired) electrons. The molecule has 3 aliphatic rings. The number of hydrogen-bond donors (Lipinski definition) is 4. The van der Waals surface area contributed by atoms with E-state index in [0.717, 1.165) is 0 Å². The Kier molecular flexibility index (Phi) is 4.41. The van der Waals surface area contributed by atoms with E-state index in [0.29, 0.717) is 0 Å². The molecular weight excluding hydrogens is 420 g/mol. The zero-order chi connectivity index (χ0) is 23.0. The molecule has 2 aromatic rings. The SMILES string of the molecule is COc1cccc2c1C(=O)c1c(O)c3c(c(O)c1C2=O)C[C@](O)(C1(C)OCCO1)C[C@@H]3O. The molecule has 4 N–H and O–H groups in total. The van der Waals surface area contributed by atoms with Crippen LogP contribution in [-0.4, -0.2) is 63.7 Å². The van der Waals surface area contributed by atoms with Crippen molar-refractivity contribution in [1.29, 1.82) is 0 Å². The number of hydrogen-bond acceptors (Lipinski definition) is 9. The number of methoxy groups -OCH3 is 1. The zero-order valence-corrected chi connectivity index (χ0v) is 17.5. The van der Waals surface area contributed by atoms with E-state index < -0.39 is 46.1 Å². The second kappa shape index (κ2) is 6.76. The molecule has 2 aromatic carbocycles. The molecule has 1 heterocycles. The van der Waals surface area contributed by atoms with Crippen LogP contribution in [0, 0.1) is 0 Å². The lowest BCUT2D eigenvalue weighted by Crippen LogP contribution is -2.57. The Morgan fingerprint density at radius 3 is 2.34 bits per heavy atom. The summed E-state index contributed by atoms with van der Waals surface area (Å²) in [4.78, 5) is 26.6. The van der Waals surface area contributed by atoms with Gasteiger partial charge in [-0.2, -0.15) is 0 Å². The minimum atomic E-state index is -1.75. The average Bonchev–Trinajstić information content (AvgIpc) is 3.22. The Hall–Kier alpha value is -2.98. The van der Waals surface area contributed by atoms with Gasteiger partial charge in [-0.25, -0.2) is 0 Å². The largest absolute Gasteiger partial charge is 0.507 e. The van der Waals surface area contributed by atoms with Gasteiger partial charge in [-0.1, -0.05) is 12.1 Å². The lowest BCUT2D eigenvalue weighted by atomic mass is 9.70. The van der Waals surface area contributed by atoms with Gasteiger partial charge >= 0.3 is 0 Å². The Balaban J connectivity index is 1.73. The highest BCUT2D eigenvalue weighted by Gasteiger charge is 2.56. The molecule has 0 amide bonds. The maximum absolute atomic E-state index is 13.3. The van der Waals surface area contributed by atoms with Gasteiger partial charge in [0, 0.05) is 29.5 Å². The molecule has 0 saturated carbocycles. The van der Waals surface area contributed by atoms with Gasteiger partial charge in [-0.15, -0.1) is 0 Å². The van der Waals surface area contributed by atoms with Crippen LogP contribution in [0.3, 0.4) is 0 Å². The van der Waals surface area contributed by atoms with Gasteiger partial charge in [0.2, 0.25) is 5.78 Å². The highest BCUT2D eigenvalue weighted by atomic mass is 16.7. The highest BCUT2D eigenvalue weighted by Crippen LogP contribution is 2.53. The predicted octanol–water partition coefficient (Wildman–Crippen LogP) is 1.36. The number of carbonyl (C=O) groups is 2. The number of fused-ring (bicyclic) bond motifs is 3. The van der Waals surface area contributed by atoms with Crippen LogP contribution >= 0.6 is 0 Å². The van der Waals surface area contributed by atoms with E-state index >= 15 is 0 Å². The number of aliphatic hydroxyl groups is 2. The van der Waals surface area contributed by atoms with Gasteiger partial charge in [-0.3, -0.25) is 9.59 Å². The van der Waals surface area contributed by atoms with E-state index in [4.69, 9.17) is 14.2 Å². The topological polar surface area (TPSA) is 143 Å². The molecule has 0 unspecified atom stereocenters. The van der Waals surface area contributed by atoms with Crippen LogP contribution in [0.25, 0.3) is 0 Å². The fourth-order valence-electron chi connectivity index (χ4n) is 5.07. The molecule has 1 saturated heterocycles. The number of aliphatic hydroxyl groups excluding tert-OH is 1. The first-order valence-electron chi connectivity index (χ1n) is 10.2. The van der Waals surface area contributed by atoms with Crippen molar-refractivity contribution in [3.63, 3.8) is 0 Å². The van der Waals surface area contributed by atoms with Crippen LogP contribution in [0.1, 0.15) is 62.4 Å². The first-order valence-corrected chi connectivity index (χ1v) is 10.2. The summed E-state index contributed by atoms with van der Waals surface area (Å²) in [5.41, 5.74) is -2.66. The smallest absolute Gasteiger partial charge is 0.202 e. The summed E-state index contributed by atoms with van der Waals surface area (Å²) in [6.07, 6.45) is -1.99. The number of benzene rings is 2. The number of aromatic hydroxyl groups is 2. The van der Waals surface area contributed by atoms with E-state index in [1.807, 2.05) is 0 Å². The van der Waals surface area contributed by atoms with Crippen molar-refractivity contribution in [1.82, 2.24) is 0 Å². The second-order valence-electron chi connectivity index (χ2n) is 8.45. The number of carbonyl (C=O) groups excluding carboxylic acids is 2. The first kappa shape index (κ1) is 20.9. The monoisotopic (exact) mass is 442 g/mol. The molecule has 168 valence electrons. The Morgan fingerprint density at radius 2 is 1.69 bits per heavy atom. The van der Waals surface area contributed by atoms with Crippen LogP contribution < -0.4 is 4.74 Å². The van der Waals surface area contributed by atoms with Crippen molar-refractivity contribution < 1.29 is 44.2 Å². The number of phenolic OH excluding ortho intramolecular Hbond substituents is 2.